The maximum atomic E-state index is 9.60. The Morgan fingerprint density at radius 2 is 1.77 bits per heavy atom. The van der Waals surface area contributed by atoms with Crippen molar-refractivity contribution in [2.24, 2.45) is 23.2 Å². The molecule has 4 bridgehead atoms. The average molecular weight is 292 g/mol. The molecule has 4 rings (SSSR count). The van der Waals surface area contributed by atoms with E-state index in [-0.39, 0.29) is 0 Å². The van der Waals surface area contributed by atoms with E-state index in [2.05, 4.69) is 22.6 Å². The standard InChI is InChI=1S/C11H17IO/c12-10-9-2-7-1-8(3-9)5-11(10,4-7)6-13/h7-10,13H,1-6H2. The molecule has 4 aliphatic rings. The van der Waals surface area contributed by atoms with Crippen LogP contribution in [0, 0.1) is 23.2 Å². The Labute approximate surface area is 93.4 Å². The summed E-state index contributed by atoms with van der Waals surface area (Å²) in [5.41, 5.74) is 0.343. The number of aliphatic hydroxyl groups excluding tert-OH is 1. The van der Waals surface area contributed by atoms with Gasteiger partial charge in [-0.15, -0.1) is 0 Å². The average Bonchev–Trinajstić information content (AvgIpc) is 2.12. The Morgan fingerprint density at radius 1 is 1.15 bits per heavy atom. The van der Waals surface area contributed by atoms with Crippen LogP contribution >= 0.6 is 22.6 Å². The van der Waals surface area contributed by atoms with E-state index in [1.165, 1.54) is 32.1 Å². The lowest BCUT2D eigenvalue weighted by atomic mass is 9.50. The first-order chi connectivity index (χ1) is 6.23. The Morgan fingerprint density at radius 3 is 2.31 bits per heavy atom. The van der Waals surface area contributed by atoms with Crippen molar-refractivity contribution in [2.75, 3.05) is 6.61 Å². The van der Waals surface area contributed by atoms with Gasteiger partial charge < -0.3 is 5.11 Å². The second-order valence-electron chi connectivity index (χ2n) is 5.53. The highest BCUT2D eigenvalue weighted by Crippen LogP contribution is 2.62. The highest BCUT2D eigenvalue weighted by atomic mass is 127. The molecule has 3 unspecified atom stereocenters. The third-order valence-corrected chi connectivity index (χ3v) is 6.98. The first kappa shape index (κ1) is 8.96. The van der Waals surface area contributed by atoms with E-state index in [4.69, 9.17) is 0 Å². The van der Waals surface area contributed by atoms with Crippen molar-refractivity contribution in [3.63, 3.8) is 0 Å². The zero-order valence-corrected chi connectivity index (χ0v) is 10.0. The number of halogens is 1. The van der Waals surface area contributed by atoms with Gasteiger partial charge in [0.25, 0.3) is 0 Å². The first-order valence-electron chi connectivity index (χ1n) is 5.48. The summed E-state index contributed by atoms with van der Waals surface area (Å²) in [6, 6.07) is 0. The van der Waals surface area contributed by atoms with Gasteiger partial charge in [0, 0.05) is 15.9 Å². The van der Waals surface area contributed by atoms with Gasteiger partial charge in [0.1, 0.15) is 0 Å². The zero-order chi connectivity index (χ0) is 9.05. The molecule has 4 fully saturated rings. The van der Waals surface area contributed by atoms with E-state index in [1.54, 1.807) is 0 Å². The molecular formula is C11H17IO. The maximum absolute atomic E-state index is 9.60. The predicted molar refractivity (Wildman–Crippen MR) is 60.9 cm³/mol. The van der Waals surface area contributed by atoms with Crippen LogP contribution in [0.1, 0.15) is 32.1 Å². The van der Waals surface area contributed by atoms with Crippen molar-refractivity contribution in [3.8, 4) is 0 Å². The normalized spacial score (nSPS) is 58.6. The summed E-state index contributed by atoms with van der Waals surface area (Å²) < 4.78 is 0.767. The number of rotatable bonds is 1. The second-order valence-corrected chi connectivity index (χ2v) is 6.87. The monoisotopic (exact) mass is 292 g/mol. The molecule has 0 amide bonds. The molecule has 0 radical (unpaired) electrons. The van der Waals surface area contributed by atoms with Crippen LogP contribution in [0.2, 0.25) is 0 Å². The molecule has 3 atom stereocenters. The molecule has 74 valence electrons. The first-order valence-corrected chi connectivity index (χ1v) is 6.73. The van der Waals surface area contributed by atoms with Gasteiger partial charge in [-0.2, -0.15) is 0 Å². The van der Waals surface area contributed by atoms with E-state index in [0.29, 0.717) is 12.0 Å². The van der Waals surface area contributed by atoms with E-state index in [0.717, 1.165) is 21.7 Å². The van der Waals surface area contributed by atoms with Crippen LogP contribution in [0.3, 0.4) is 0 Å². The number of aliphatic hydroxyl groups is 1. The molecular weight excluding hydrogens is 275 g/mol. The smallest absolute Gasteiger partial charge is 0.0497 e. The summed E-state index contributed by atoms with van der Waals surface area (Å²) in [6.07, 6.45) is 7.05. The fraction of sp³-hybridized carbons (Fsp3) is 1.00. The molecule has 1 nitrogen and oxygen atoms in total. The van der Waals surface area contributed by atoms with E-state index in [9.17, 15) is 5.11 Å². The predicted octanol–water partition coefficient (Wildman–Crippen LogP) is 2.61. The lowest BCUT2D eigenvalue weighted by Crippen LogP contribution is -2.55. The Balaban J connectivity index is 1.95. The largest absolute Gasteiger partial charge is 0.396 e. The van der Waals surface area contributed by atoms with E-state index < -0.39 is 0 Å². The summed E-state index contributed by atoms with van der Waals surface area (Å²) in [5, 5.41) is 9.60. The van der Waals surface area contributed by atoms with Crippen molar-refractivity contribution < 1.29 is 5.11 Å². The number of alkyl halides is 1. The van der Waals surface area contributed by atoms with Gasteiger partial charge >= 0.3 is 0 Å². The van der Waals surface area contributed by atoms with Gasteiger partial charge in [-0.05, 0) is 49.9 Å². The van der Waals surface area contributed by atoms with Crippen LogP contribution in [-0.2, 0) is 0 Å². The molecule has 0 saturated heterocycles. The molecule has 0 aliphatic heterocycles. The molecule has 13 heavy (non-hydrogen) atoms. The second kappa shape index (κ2) is 2.84. The third kappa shape index (κ3) is 1.14. The summed E-state index contributed by atoms with van der Waals surface area (Å²) >= 11 is 2.62. The van der Waals surface area contributed by atoms with Crippen LogP contribution in [0.25, 0.3) is 0 Å². The van der Waals surface area contributed by atoms with Gasteiger partial charge in [-0.1, -0.05) is 22.6 Å². The lowest BCUT2D eigenvalue weighted by molar-refractivity contribution is -0.0679. The van der Waals surface area contributed by atoms with Gasteiger partial charge in [0.15, 0.2) is 0 Å². The lowest BCUT2D eigenvalue weighted by Gasteiger charge is -2.59. The van der Waals surface area contributed by atoms with Gasteiger partial charge in [-0.25, -0.2) is 0 Å². The zero-order valence-electron chi connectivity index (χ0n) is 7.88. The molecule has 1 N–H and O–H groups in total. The van der Waals surface area contributed by atoms with Crippen molar-refractivity contribution in [1.82, 2.24) is 0 Å². The number of hydrogen-bond donors (Lipinski definition) is 1. The van der Waals surface area contributed by atoms with E-state index in [1.807, 2.05) is 0 Å². The molecule has 0 aromatic carbocycles. The van der Waals surface area contributed by atoms with Crippen LogP contribution in [0.4, 0.5) is 0 Å². The molecule has 0 aromatic heterocycles. The Bertz CT molecular complexity index is 214. The van der Waals surface area contributed by atoms with Crippen LogP contribution in [0.5, 0.6) is 0 Å². The minimum Gasteiger partial charge on any atom is -0.396 e. The minimum absolute atomic E-state index is 0.343. The highest BCUT2D eigenvalue weighted by molar-refractivity contribution is 14.1. The molecule has 4 aliphatic carbocycles. The van der Waals surface area contributed by atoms with Crippen LogP contribution < -0.4 is 0 Å². The molecule has 0 aromatic rings. The highest BCUT2D eigenvalue weighted by Gasteiger charge is 2.55. The quantitative estimate of drug-likeness (QED) is 0.582. The maximum Gasteiger partial charge on any atom is 0.0497 e. The summed E-state index contributed by atoms with van der Waals surface area (Å²) in [4.78, 5) is 0. The Kier molecular flexibility index (Phi) is 1.96. The summed E-state index contributed by atoms with van der Waals surface area (Å²) in [6.45, 7) is 0.449. The van der Waals surface area contributed by atoms with E-state index >= 15 is 0 Å². The third-order valence-electron chi connectivity index (χ3n) is 4.64. The fourth-order valence-electron chi connectivity index (χ4n) is 4.36. The molecule has 4 saturated carbocycles. The van der Waals surface area contributed by atoms with Gasteiger partial charge in [0.2, 0.25) is 0 Å². The van der Waals surface area contributed by atoms with Crippen molar-refractivity contribution >= 4 is 22.6 Å². The minimum atomic E-state index is 0.343. The van der Waals surface area contributed by atoms with Crippen LogP contribution in [0.15, 0.2) is 0 Å². The molecule has 0 heterocycles. The van der Waals surface area contributed by atoms with Gasteiger partial charge in [0.05, 0.1) is 0 Å². The van der Waals surface area contributed by atoms with Crippen molar-refractivity contribution in [3.05, 3.63) is 0 Å². The SMILES string of the molecule is OCC12CC3CC(CC(C3)C1I)C2. The molecule has 0 spiro atoms. The van der Waals surface area contributed by atoms with Crippen molar-refractivity contribution in [2.45, 2.75) is 36.0 Å². The number of hydrogen-bond acceptors (Lipinski definition) is 1. The Hall–Kier alpha value is 0.690. The van der Waals surface area contributed by atoms with Crippen LogP contribution in [-0.4, -0.2) is 15.6 Å². The van der Waals surface area contributed by atoms with Crippen molar-refractivity contribution in [1.29, 1.82) is 0 Å². The summed E-state index contributed by atoms with van der Waals surface area (Å²) in [7, 11) is 0. The van der Waals surface area contributed by atoms with Gasteiger partial charge in [-0.3, -0.25) is 0 Å². The fourth-order valence-corrected chi connectivity index (χ4v) is 5.66. The molecule has 2 heteroatoms. The summed E-state index contributed by atoms with van der Waals surface area (Å²) in [5.74, 6) is 2.88. The topological polar surface area (TPSA) is 20.2 Å².